The zero-order valence-corrected chi connectivity index (χ0v) is 25.5. The van der Waals surface area contributed by atoms with E-state index in [1.165, 1.54) is 0 Å². The summed E-state index contributed by atoms with van der Waals surface area (Å²) in [5.41, 5.74) is 4.62. The van der Waals surface area contributed by atoms with Gasteiger partial charge in [-0.1, -0.05) is 37.8 Å². The van der Waals surface area contributed by atoms with Gasteiger partial charge in [-0.25, -0.2) is 14.5 Å². The highest BCUT2D eigenvalue weighted by atomic mass is 28.3. The molecule has 5 heterocycles. The van der Waals surface area contributed by atoms with Crippen LogP contribution < -0.4 is 10.9 Å². The zero-order valence-electron chi connectivity index (χ0n) is 24.5. The third kappa shape index (κ3) is 5.26. The molecule has 0 saturated carbocycles. The third-order valence-corrected chi connectivity index (χ3v) is 9.06. The minimum atomic E-state index is -1.21. The average molecular weight is 582 g/mol. The molecule has 11 nitrogen and oxygen atoms in total. The first-order valence-corrected chi connectivity index (χ1v) is 17.8. The summed E-state index contributed by atoms with van der Waals surface area (Å²) in [6.07, 6.45) is 9.02. The van der Waals surface area contributed by atoms with E-state index in [4.69, 9.17) is 9.84 Å². The number of hydrogen-bond donors (Lipinski definition) is 2. The minimum absolute atomic E-state index is 0.129. The number of rotatable bonds is 10. The van der Waals surface area contributed by atoms with Crippen LogP contribution in [0, 0.1) is 6.92 Å². The number of nitrogens with zero attached hydrogens (tertiary/aromatic N) is 7. The third-order valence-electron chi connectivity index (χ3n) is 7.36. The van der Waals surface area contributed by atoms with E-state index in [0.717, 1.165) is 39.5 Å². The van der Waals surface area contributed by atoms with Crippen molar-refractivity contribution >= 4 is 30.4 Å². The van der Waals surface area contributed by atoms with Gasteiger partial charge in [0.15, 0.2) is 5.82 Å². The molecule has 0 amide bonds. The molecule has 2 N–H and O–H groups in total. The molecule has 0 aliphatic carbocycles. The van der Waals surface area contributed by atoms with Gasteiger partial charge in [0.05, 0.1) is 23.3 Å². The fourth-order valence-electron chi connectivity index (χ4n) is 5.10. The molecular formula is C30H35N9O2Si. The van der Waals surface area contributed by atoms with Crippen molar-refractivity contribution in [2.75, 3.05) is 11.9 Å². The Morgan fingerprint density at radius 1 is 1.12 bits per heavy atom. The maximum atomic E-state index is 13.8. The van der Waals surface area contributed by atoms with Gasteiger partial charge < -0.3 is 14.6 Å². The van der Waals surface area contributed by atoms with E-state index in [1.807, 2.05) is 73.4 Å². The van der Waals surface area contributed by atoms with Crippen LogP contribution in [0.5, 0.6) is 0 Å². The fraction of sp³-hybridized carbons (Fsp3) is 0.300. The number of H-pyrrole nitrogens is 1. The lowest BCUT2D eigenvalue weighted by molar-refractivity contribution is 0.0899. The standard InChI is InChI=1S/C30H35N9O2Si/c1-20-11-12-38-26(20)30(40)39(23-9-7-6-8-10-23)28(36-38)21(2)35-27-25-24(22-15-33-34-16-22)17-37(29(25)32-18-31-27)19-41-13-14-42(3,4)5/h6-12,15-18,21H,13-14,19H2,1-5H3,(H,33,34)(H,31,32,35). The van der Waals surface area contributed by atoms with Crippen LogP contribution in [0.4, 0.5) is 5.82 Å². The monoisotopic (exact) mass is 581 g/mol. The van der Waals surface area contributed by atoms with Crippen molar-refractivity contribution in [3.05, 3.63) is 89.3 Å². The van der Waals surface area contributed by atoms with Gasteiger partial charge >= 0.3 is 0 Å². The Morgan fingerprint density at radius 2 is 1.93 bits per heavy atom. The zero-order chi connectivity index (χ0) is 29.4. The molecular weight excluding hydrogens is 546 g/mol. The SMILES string of the molecule is Cc1ccn2nc(C(C)Nc3ncnc4c3c(-c3cn[nH]c3)cn4COCC[Si](C)(C)C)n(-c3ccccc3)c(=O)c12. The number of fused-ring (bicyclic) bond motifs is 2. The van der Waals surface area contributed by atoms with E-state index in [1.54, 1.807) is 21.6 Å². The van der Waals surface area contributed by atoms with E-state index >= 15 is 0 Å². The summed E-state index contributed by atoms with van der Waals surface area (Å²) in [6.45, 7) is 12.0. The predicted molar refractivity (Wildman–Crippen MR) is 167 cm³/mol. The first-order chi connectivity index (χ1) is 20.2. The molecule has 0 aliphatic rings. The Morgan fingerprint density at radius 3 is 2.67 bits per heavy atom. The molecule has 0 bridgehead atoms. The summed E-state index contributed by atoms with van der Waals surface area (Å²) in [6, 6.07) is 12.2. The maximum Gasteiger partial charge on any atom is 0.282 e. The van der Waals surface area contributed by atoms with Crippen molar-refractivity contribution in [3.8, 4) is 16.8 Å². The van der Waals surface area contributed by atoms with Gasteiger partial charge in [-0.3, -0.25) is 14.5 Å². The molecule has 12 heteroatoms. The summed E-state index contributed by atoms with van der Waals surface area (Å²) in [4.78, 5) is 23.1. The molecule has 0 aliphatic heterocycles. The lowest BCUT2D eigenvalue weighted by atomic mass is 10.1. The first-order valence-electron chi connectivity index (χ1n) is 14.0. The number of aryl methyl sites for hydroxylation is 1. The number of aromatic amines is 1. The van der Waals surface area contributed by atoms with Crippen molar-refractivity contribution in [1.29, 1.82) is 0 Å². The summed E-state index contributed by atoms with van der Waals surface area (Å²) in [7, 11) is -1.21. The normalized spacial score (nSPS) is 12.8. The Labute approximate surface area is 244 Å². The van der Waals surface area contributed by atoms with Crippen LogP contribution in [0.1, 0.15) is 24.4 Å². The molecule has 1 unspecified atom stereocenters. The maximum absolute atomic E-state index is 13.8. The largest absolute Gasteiger partial charge is 0.361 e. The Hall–Kier alpha value is -4.55. The van der Waals surface area contributed by atoms with Crippen molar-refractivity contribution in [2.24, 2.45) is 0 Å². The molecule has 42 heavy (non-hydrogen) atoms. The number of ether oxygens (including phenoxy) is 1. The average Bonchev–Trinajstić information content (AvgIpc) is 3.71. The van der Waals surface area contributed by atoms with Crippen LogP contribution >= 0.6 is 0 Å². The quantitative estimate of drug-likeness (QED) is 0.164. The van der Waals surface area contributed by atoms with E-state index in [-0.39, 0.29) is 5.56 Å². The van der Waals surface area contributed by atoms with Gasteiger partial charge in [-0.2, -0.15) is 10.2 Å². The molecule has 0 spiro atoms. The Bertz CT molecular complexity index is 1900. The van der Waals surface area contributed by atoms with Gasteiger partial charge in [-0.15, -0.1) is 0 Å². The summed E-state index contributed by atoms with van der Waals surface area (Å²) >= 11 is 0. The van der Waals surface area contributed by atoms with Crippen LogP contribution in [0.2, 0.25) is 25.7 Å². The molecule has 216 valence electrons. The minimum Gasteiger partial charge on any atom is -0.361 e. The highest BCUT2D eigenvalue weighted by molar-refractivity contribution is 6.76. The Balaban J connectivity index is 1.42. The topological polar surface area (TPSA) is 120 Å². The lowest BCUT2D eigenvalue weighted by Crippen LogP contribution is -2.29. The molecule has 5 aromatic heterocycles. The van der Waals surface area contributed by atoms with E-state index < -0.39 is 14.1 Å². The molecule has 0 radical (unpaired) electrons. The molecule has 6 aromatic rings. The second kappa shape index (κ2) is 11.0. The van der Waals surface area contributed by atoms with Crippen molar-refractivity contribution in [3.63, 3.8) is 0 Å². The van der Waals surface area contributed by atoms with Crippen LogP contribution in [0.15, 0.2) is 72.3 Å². The summed E-state index contributed by atoms with van der Waals surface area (Å²) in [5, 5.41) is 16.4. The van der Waals surface area contributed by atoms with Crippen molar-refractivity contribution < 1.29 is 4.74 Å². The predicted octanol–water partition coefficient (Wildman–Crippen LogP) is 5.41. The highest BCUT2D eigenvalue weighted by Crippen LogP contribution is 2.35. The Kier molecular flexibility index (Phi) is 7.25. The van der Waals surface area contributed by atoms with Crippen LogP contribution in [0.25, 0.3) is 33.4 Å². The molecule has 1 atom stereocenters. The molecule has 6 rings (SSSR count). The van der Waals surface area contributed by atoms with Gasteiger partial charge in [0.2, 0.25) is 0 Å². The van der Waals surface area contributed by atoms with E-state index in [9.17, 15) is 4.79 Å². The van der Waals surface area contributed by atoms with E-state index in [2.05, 4.69) is 45.1 Å². The van der Waals surface area contributed by atoms with Crippen LogP contribution in [0.3, 0.4) is 0 Å². The van der Waals surface area contributed by atoms with Gasteiger partial charge in [0.1, 0.15) is 30.0 Å². The molecule has 1 aromatic carbocycles. The number of para-hydroxylation sites is 1. The molecule has 0 saturated heterocycles. The van der Waals surface area contributed by atoms with Gasteiger partial charge in [0, 0.05) is 44.4 Å². The highest BCUT2D eigenvalue weighted by Gasteiger charge is 2.23. The number of benzene rings is 1. The first kappa shape index (κ1) is 27.6. The number of nitrogens with one attached hydrogen (secondary N) is 2. The number of anilines is 1. The summed E-state index contributed by atoms with van der Waals surface area (Å²) < 4.78 is 11.4. The van der Waals surface area contributed by atoms with Gasteiger partial charge in [0.25, 0.3) is 5.56 Å². The molecule has 0 fully saturated rings. The second-order valence-electron chi connectivity index (χ2n) is 11.8. The van der Waals surface area contributed by atoms with Crippen molar-refractivity contribution in [1.82, 2.24) is 38.9 Å². The summed E-state index contributed by atoms with van der Waals surface area (Å²) in [5.74, 6) is 1.18. The fourth-order valence-corrected chi connectivity index (χ4v) is 5.85. The van der Waals surface area contributed by atoms with Crippen molar-refractivity contribution in [2.45, 2.75) is 52.3 Å². The van der Waals surface area contributed by atoms with E-state index in [0.29, 0.717) is 30.5 Å². The smallest absolute Gasteiger partial charge is 0.282 e. The van der Waals surface area contributed by atoms with Gasteiger partial charge in [-0.05, 0) is 43.7 Å². The second-order valence-corrected chi connectivity index (χ2v) is 17.4. The van der Waals surface area contributed by atoms with Crippen LogP contribution in [-0.4, -0.2) is 53.6 Å². The number of hydrogen-bond acceptors (Lipinski definition) is 7. The lowest BCUT2D eigenvalue weighted by Gasteiger charge is -2.20. The number of aromatic nitrogens is 8. The van der Waals surface area contributed by atoms with Crippen LogP contribution in [-0.2, 0) is 11.5 Å².